The number of aromatic nitrogens is 2. The Labute approximate surface area is 179 Å². The van der Waals surface area contributed by atoms with Crippen molar-refractivity contribution >= 4 is 24.0 Å². The Morgan fingerprint density at radius 3 is 2.87 bits per heavy atom. The molecule has 2 heterocycles. The molecule has 1 aromatic heterocycles. The molecule has 3 amide bonds. The van der Waals surface area contributed by atoms with Crippen LogP contribution in [-0.4, -0.2) is 51.8 Å². The summed E-state index contributed by atoms with van der Waals surface area (Å²) in [5.41, 5.74) is 2.54. The monoisotopic (exact) mass is 421 g/mol. The number of likely N-dealkylation sites (N-methyl/N-ethyl adjacent to an activating group) is 1. The smallest absolute Gasteiger partial charge is 0.296 e. The number of aldehydes is 1. The summed E-state index contributed by atoms with van der Waals surface area (Å²) < 4.78 is 1.60. The first-order valence-electron chi connectivity index (χ1n) is 9.76. The van der Waals surface area contributed by atoms with Gasteiger partial charge in [-0.05, 0) is 36.6 Å². The van der Waals surface area contributed by atoms with E-state index in [0.717, 1.165) is 17.4 Å². The van der Waals surface area contributed by atoms with E-state index in [1.54, 1.807) is 43.2 Å². The van der Waals surface area contributed by atoms with Gasteiger partial charge in [-0.25, -0.2) is 0 Å². The van der Waals surface area contributed by atoms with Crippen LogP contribution in [0.3, 0.4) is 0 Å². The molecule has 3 rings (SSSR count). The maximum absolute atomic E-state index is 12.1. The van der Waals surface area contributed by atoms with E-state index < -0.39 is 11.9 Å². The van der Waals surface area contributed by atoms with Crippen molar-refractivity contribution in [2.75, 3.05) is 7.05 Å². The van der Waals surface area contributed by atoms with Crippen LogP contribution in [0.2, 0.25) is 0 Å². The lowest BCUT2D eigenvalue weighted by Gasteiger charge is -2.30. The third-order valence-corrected chi connectivity index (χ3v) is 4.97. The van der Waals surface area contributed by atoms with Crippen molar-refractivity contribution < 1.29 is 19.2 Å². The molecule has 0 radical (unpaired) electrons. The number of hydrogen-bond donors (Lipinski definition) is 2. The quantitative estimate of drug-likeness (QED) is 0.390. The lowest BCUT2D eigenvalue weighted by atomic mass is 10.0. The lowest BCUT2D eigenvalue weighted by molar-refractivity contribution is -0.137. The van der Waals surface area contributed by atoms with Crippen LogP contribution in [0.1, 0.15) is 40.0 Å². The molecule has 2 N–H and O–H groups in total. The summed E-state index contributed by atoms with van der Waals surface area (Å²) in [4.78, 5) is 48.7. The fourth-order valence-corrected chi connectivity index (χ4v) is 3.33. The summed E-state index contributed by atoms with van der Waals surface area (Å²) in [7, 11) is 3.54. The largest absolute Gasteiger partial charge is 0.341 e. The number of amides is 3. The Kier molecular flexibility index (Phi) is 6.95. The highest BCUT2D eigenvalue weighted by molar-refractivity contribution is 6.00. The van der Waals surface area contributed by atoms with Crippen molar-refractivity contribution in [3.63, 3.8) is 0 Å². The van der Waals surface area contributed by atoms with E-state index in [-0.39, 0.29) is 24.8 Å². The Balaban J connectivity index is 1.64. The molecule has 1 atom stereocenters. The summed E-state index contributed by atoms with van der Waals surface area (Å²) in [5.74, 6) is 4.14. The van der Waals surface area contributed by atoms with Gasteiger partial charge in [0.05, 0.1) is 6.04 Å². The number of nitrogens with zero attached hydrogens (tertiary/aromatic N) is 3. The standard InChI is InChI=1S/C22H23N5O4/c1-26(19-6-8-21(30)24-22(19)31)13-17-11-15(3-4-16(17)14-28)12-23-20(29)7-5-18-9-10-27(2)25-18/h3-4,9-11,14,19H,6,8,12-13H2,1-2H3,(H,23,29)(H,24,30,31). The summed E-state index contributed by atoms with van der Waals surface area (Å²) in [6.07, 6.45) is 3.22. The van der Waals surface area contributed by atoms with Gasteiger partial charge in [0, 0.05) is 44.2 Å². The zero-order valence-electron chi connectivity index (χ0n) is 17.3. The number of nitrogens with one attached hydrogen (secondary N) is 2. The first-order valence-corrected chi connectivity index (χ1v) is 9.76. The molecule has 1 saturated heterocycles. The number of hydrogen-bond acceptors (Lipinski definition) is 6. The first kappa shape index (κ1) is 21.9. The number of piperidine rings is 1. The number of aryl methyl sites for hydroxylation is 1. The number of carbonyl (C=O) groups is 4. The third-order valence-electron chi connectivity index (χ3n) is 4.97. The molecule has 0 aliphatic carbocycles. The van der Waals surface area contributed by atoms with Gasteiger partial charge in [0.2, 0.25) is 11.8 Å². The minimum atomic E-state index is -0.442. The summed E-state index contributed by atoms with van der Waals surface area (Å²) in [6, 6.07) is 6.53. The Morgan fingerprint density at radius 1 is 1.39 bits per heavy atom. The zero-order chi connectivity index (χ0) is 22.4. The van der Waals surface area contributed by atoms with E-state index in [1.165, 1.54) is 0 Å². The zero-order valence-corrected chi connectivity index (χ0v) is 17.3. The maximum Gasteiger partial charge on any atom is 0.296 e. The highest BCUT2D eigenvalue weighted by atomic mass is 16.2. The fourth-order valence-electron chi connectivity index (χ4n) is 3.33. The van der Waals surface area contributed by atoms with Gasteiger partial charge in [0.1, 0.15) is 12.0 Å². The molecule has 9 nitrogen and oxygen atoms in total. The Bertz CT molecular complexity index is 1080. The van der Waals surface area contributed by atoms with Crippen LogP contribution >= 0.6 is 0 Å². The molecule has 31 heavy (non-hydrogen) atoms. The molecule has 0 spiro atoms. The van der Waals surface area contributed by atoms with Crippen LogP contribution in [0.4, 0.5) is 0 Å². The molecule has 0 bridgehead atoms. The Morgan fingerprint density at radius 2 is 2.19 bits per heavy atom. The number of benzene rings is 1. The van der Waals surface area contributed by atoms with E-state index in [2.05, 4.69) is 27.6 Å². The number of carbonyl (C=O) groups excluding carboxylic acids is 4. The van der Waals surface area contributed by atoms with Crippen molar-refractivity contribution in [2.45, 2.75) is 32.0 Å². The second-order valence-electron chi connectivity index (χ2n) is 7.34. The Hall–Kier alpha value is -3.77. The van der Waals surface area contributed by atoms with Gasteiger partial charge in [-0.15, -0.1) is 0 Å². The van der Waals surface area contributed by atoms with Crippen molar-refractivity contribution in [2.24, 2.45) is 7.05 Å². The van der Waals surface area contributed by atoms with E-state index in [1.807, 2.05) is 11.0 Å². The van der Waals surface area contributed by atoms with E-state index in [4.69, 9.17) is 0 Å². The maximum atomic E-state index is 12.1. The highest BCUT2D eigenvalue weighted by Crippen LogP contribution is 2.17. The molecule has 1 aromatic carbocycles. The summed E-state index contributed by atoms with van der Waals surface area (Å²) in [5, 5.41) is 9.14. The predicted octanol–water partition coefficient (Wildman–Crippen LogP) is 0.138. The minimum Gasteiger partial charge on any atom is -0.341 e. The first-order chi connectivity index (χ1) is 14.9. The topological polar surface area (TPSA) is 113 Å². The van der Waals surface area contributed by atoms with E-state index in [9.17, 15) is 19.2 Å². The van der Waals surface area contributed by atoms with Crippen molar-refractivity contribution in [1.29, 1.82) is 0 Å². The second-order valence-corrected chi connectivity index (χ2v) is 7.34. The second kappa shape index (κ2) is 9.82. The lowest BCUT2D eigenvalue weighted by Crippen LogP contribution is -2.51. The highest BCUT2D eigenvalue weighted by Gasteiger charge is 2.29. The van der Waals surface area contributed by atoms with E-state index >= 15 is 0 Å². The van der Waals surface area contributed by atoms with Crippen molar-refractivity contribution in [1.82, 2.24) is 25.3 Å². The normalized spacial score (nSPS) is 15.8. The molecule has 9 heteroatoms. The van der Waals surface area contributed by atoms with E-state index in [0.29, 0.717) is 24.2 Å². The molecular weight excluding hydrogens is 398 g/mol. The number of rotatable bonds is 6. The summed E-state index contributed by atoms with van der Waals surface area (Å²) in [6.45, 7) is 0.589. The van der Waals surface area contributed by atoms with Crippen molar-refractivity contribution in [3.8, 4) is 11.8 Å². The van der Waals surface area contributed by atoms with Gasteiger partial charge in [-0.1, -0.05) is 18.2 Å². The van der Waals surface area contributed by atoms with Crippen LogP contribution in [0.5, 0.6) is 0 Å². The van der Waals surface area contributed by atoms with Gasteiger partial charge in [0.15, 0.2) is 0 Å². The van der Waals surface area contributed by atoms with Crippen LogP contribution in [-0.2, 0) is 34.5 Å². The summed E-state index contributed by atoms with van der Waals surface area (Å²) >= 11 is 0. The van der Waals surface area contributed by atoms with Gasteiger partial charge < -0.3 is 5.32 Å². The fraction of sp³-hybridized carbons (Fsp3) is 0.318. The van der Waals surface area contributed by atoms with Crippen LogP contribution in [0.15, 0.2) is 30.5 Å². The van der Waals surface area contributed by atoms with Crippen LogP contribution in [0, 0.1) is 11.8 Å². The third kappa shape index (κ3) is 5.87. The average Bonchev–Trinajstić information content (AvgIpc) is 3.16. The van der Waals surface area contributed by atoms with Crippen molar-refractivity contribution in [3.05, 3.63) is 52.8 Å². The molecule has 2 aromatic rings. The molecule has 1 aliphatic heterocycles. The van der Waals surface area contributed by atoms with Crippen LogP contribution < -0.4 is 10.6 Å². The van der Waals surface area contributed by atoms with Gasteiger partial charge in [-0.2, -0.15) is 5.10 Å². The molecular formula is C22H23N5O4. The SMILES string of the molecule is CN(Cc1cc(CNC(=O)C#Cc2ccn(C)n2)ccc1C=O)C1CCC(=O)NC1=O. The molecule has 1 unspecified atom stereocenters. The minimum absolute atomic E-state index is 0.240. The van der Waals surface area contributed by atoms with Crippen LogP contribution in [0.25, 0.3) is 0 Å². The van der Waals surface area contributed by atoms with Gasteiger partial charge in [0.25, 0.3) is 5.91 Å². The molecule has 1 fully saturated rings. The molecule has 0 saturated carbocycles. The van der Waals surface area contributed by atoms with Gasteiger partial charge >= 0.3 is 0 Å². The average molecular weight is 421 g/mol. The molecule has 160 valence electrons. The van der Waals surface area contributed by atoms with Gasteiger partial charge in [-0.3, -0.25) is 34.1 Å². The number of imide groups is 1. The molecule has 1 aliphatic rings. The predicted molar refractivity (Wildman–Crippen MR) is 111 cm³/mol.